The molecule has 38 heavy (non-hydrogen) atoms. The fourth-order valence-electron chi connectivity index (χ4n) is 5.21. The maximum atomic E-state index is 13.1. The lowest BCUT2D eigenvalue weighted by Gasteiger charge is -2.11. The summed E-state index contributed by atoms with van der Waals surface area (Å²) in [5, 5.41) is 2.94. The number of Topliss-reactive ketones (excluding diaryl/α,β-unsaturated/α-hetero) is 1. The number of rotatable bonds is 8. The van der Waals surface area contributed by atoms with Crippen LogP contribution in [0.2, 0.25) is 0 Å². The summed E-state index contributed by atoms with van der Waals surface area (Å²) >= 11 is 0. The minimum absolute atomic E-state index is 0.0676. The van der Waals surface area contributed by atoms with Crippen LogP contribution >= 0.6 is 0 Å². The van der Waals surface area contributed by atoms with Gasteiger partial charge in [-0.25, -0.2) is 0 Å². The molecule has 0 radical (unpaired) electrons. The molecule has 2 heterocycles. The minimum Gasteiger partial charge on any atom is -0.493 e. The zero-order valence-electron chi connectivity index (χ0n) is 21.7. The first-order valence-corrected chi connectivity index (χ1v) is 12.8. The van der Waals surface area contributed by atoms with E-state index < -0.39 is 0 Å². The molecule has 2 N–H and O–H groups in total. The second-order valence-corrected chi connectivity index (χ2v) is 9.29. The van der Waals surface area contributed by atoms with Crippen molar-refractivity contribution in [2.45, 2.75) is 39.0 Å². The number of methoxy groups -OCH3 is 2. The molecule has 0 fully saturated rings. The van der Waals surface area contributed by atoms with E-state index in [9.17, 15) is 14.4 Å². The lowest BCUT2D eigenvalue weighted by atomic mass is 9.91. The second-order valence-electron chi connectivity index (χ2n) is 9.29. The van der Waals surface area contributed by atoms with Gasteiger partial charge in [0, 0.05) is 41.0 Å². The first-order chi connectivity index (χ1) is 18.4. The Hall–Kier alpha value is -4.33. The van der Waals surface area contributed by atoms with Crippen molar-refractivity contribution in [3.63, 3.8) is 0 Å². The van der Waals surface area contributed by atoms with Gasteiger partial charge in [-0.2, -0.15) is 0 Å². The number of hydrogen-bond acceptors (Lipinski definition) is 6. The molecule has 2 aliphatic rings. The first-order valence-electron chi connectivity index (χ1n) is 12.8. The van der Waals surface area contributed by atoms with Gasteiger partial charge in [-0.05, 0) is 73.2 Å². The largest absolute Gasteiger partial charge is 0.493 e. The number of H-pyrrole nitrogens is 1. The lowest BCUT2D eigenvalue weighted by molar-refractivity contribution is -0.143. The predicted molar refractivity (Wildman–Crippen MR) is 144 cm³/mol. The highest BCUT2D eigenvalue weighted by Gasteiger charge is 2.29. The van der Waals surface area contributed by atoms with Crippen LogP contribution in [0, 0.1) is 0 Å². The Kier molecular flexibility index (Phi) is 7.05. The molecule has 1 aliphatic carbocycles. The van der Waals surface area contributed by atoms with E-state index in [1.165, 1.54) is 0 Å². The second kappa shape index (κ2) is 10.6. The van der Waals surface area contributed by atoms with Gasteiger partial charge in [0.2, 0.25) is 0 Å². The summed E-state index contributed by atoms with van der Waals surface area (Å²) in [6.07, 6.45) is 4.32. The Morgan fingerprint density at radius 1 is 1.00 bits per heavy atom. The number of aromatic amines is 1. The molecule has 8 heteroatoms. The molecule has 0 spiro atoms. The van der Waals surface area contributed by atoms with Crippen LogP contribution < -0.4 is 14.8 Å². The number of nitrogens with one attached hydrogen (secondary N) is 2. The zero-order valence-corrected chi connectivity index (χ0v) is 21.7. The van der Waals surface area contributed by atoms with Crippen LogP contribution in [0.5, 0.6) is 11.5 Å². The van der Waals surface area contributed by atoms with E-state index in [1.54, 1.807) is 27.2 Å². The number of carbonyl (C=O) groups is 3. The van der Waals surface area contributed by atoms with Crippen molar-refractivity contribution >= 4 is 35.0 Å². The highest BCUT2D eigenvalue weighted by molar-refractivity contribution is 6.35. The Bertz CT molecular complexity index is 1470. The van der Waals surface area contributed by atoms with E-state index in [2.05, 4.69) is 10.3 Å². The van der Waals surface area contributed by atoms with E-state index in [4.69, 9.17) is 14.2 Å². The van der Waals surface area contributed by atoms with E-state index in [0.717, 1.165) is 40.8 Å². The molecule has 8 nitrogen and oxygen atoms in total. The third-order valence-corrected chi connectivity index (χ3v) is 7.02. The van der Waals surface area contributed by atoms with Crippen LogP contribution in [0.25, 0.3) is 22.8 Å². The number of fused-ring (bicyclic) bond motifs is 2. The highest BCUT2D eigenvalue weighted by atomic mass is 16.5. The van der Waals surface area contributed by atoms with E-state index in [0.29, 0.717) is 53.5 Å². The van der Waals surface area contributed by atoms with Crippen LogP contribution in [-0.4, -0.2) is 43.5 Å². The van der Waals surface area contributed by atoms with Crippen LogP contribution in [0.4, 0.5) is 5.69 Å². The van der Waals surface area contributed by atoms with Gasteiger partial charge in [-0.1, -0.05) is 12.1 Å². The lowest BCUT2D eigenvalue weighted by Crippen LogP contribution is -2.12. The van der Waals surface area contributed by atoms with Crippen molar-refractivity contribution < 1.29 is 28.6 Å². The van der Waals surface area contributed by atoms with Crippen LogP contribution in [0.15, 0.2) is 36.4 Å². The fraction of sp³-hybridized carbons (Fsp3) is 0.300. The number of ketones is 1. The van der Waals surface area contributed by atoms with Crippen LogP contribution in [0.3, 0.4) is 0 Å². The van der Waals surface area contributed by atoms with Crippen molar-refractivity contribution in [3.05, 3.63) is 64.5 Å². The number of aromatic nitrogens is 1. The number of aryl methyl sites for hydroxylation is 1. The SMILES string of the molecule is CCOC(=O)CCc1c(/C=C2\C(=O)Nc3ccc(-c4ccc(OC)c(OC)c4)cc32)[nH]c2c1C(=O)CCC2. The number of benzene rings is 2. The van der Waals surface area contributed by atoms with Gasteiger partial charge in [0.05, 0.1) is 26.4 Å². The molecule has 3 aromatic rings. The molecule has 0 saturated carbocycles. The quantitative estimate of drug-likeness (QED) is 0.316. The summed E-state index contributed by atoms with van der Waals surface area (Å²) in [5.41, 5.74) is 6.77. The first kappa shape index (κ1) is 25.3. The van der Waals surface area contributed by atoms with Gasteiger partial charge in [-0.15, -0.1) is 0 Å². The molecule has 1 aromatic heterocycles. The fourth-order valence-corrected chi connectivity index (χ4v) is 5.21. The van der Waals surface area contributed by atoms with Crippen LogP contribution in [-0.2, 0) is 27.2 Å². The molecule has 5 rings (SSSR count). The smallest absolute Gasteiger partial charge is 0.306 e. The molecule has 0 saturated heterocycles. The Morgan fingerprint density at radius 2 is 1.76 bits per heavy atom. The van der Waals surface area contributed by atoms with Crippen molar-refractivity contribution in [2.24, 2.45) is 0 Å². The predicted octanol–water partition coefficient (Wildman–Crippen LogP) is 5.21. The molecule has 1 aliphatic heterocycles. The summed E-state index contributed by atoms with van der Waals surface area (Å²) in [4.78, 5) is 41.4. The van der Waals surface area contributed by atoms with Crippen molar-refractivity contribution in [1.29, 1.82) is 0 Å². The van der Waals surface area contributed by atoms with Gasteiger partial charge in [0.1, 0.15) is 0 Å². The normalized spacial score (nSPS) is 15.2. The van der Waals surface area contributed by atoms with Crippen molar-refractivity contribution in [1.82, 2.24) is 4.98 Å². The van der Waals surface area contributed by atoms with Gasteiger partial charge >= 0.3 is 5.97 Å². The standard InChI is InChI=1S/C30H30N2O6/c1-4-38-28(34)13-10-19-24(31-23-6-5-7-25(33)29(19)23)16-21-20-14-17(8-11-22(20)32-30(21)35)18-9-12-26(36-2)27(15-18)37-3/h8-9,11-12,14-16,31H,4-7,10,13H2,1-3H3,(H,32,35)/b21-16-. The van der Waals surface area contributed by atoms with Crippen molar-refractivity contribution in [2.75, 3.05) is 26.1 Å². The van der Waals surface area contributed by atoms with E-state index in [-0.39, 0.29) is 24.1 Å². The molecule has 196 valence electrons. The molecule has 0 atom stereocenters. The average Bonchev–Trinajstić information content (AvgIpc) is 3.44. The third-order valence-electron chi connectivity index (χ3n) is 7.02. The number of anilines is 1. The molecule has 0 bridgehead atoms. The monoisotopic (exact) mass is 514 g/mol. The number of carbonyl (C=O) groups excluding carboxylic acids is 3. The maximum Gasteiger partial charge on any atom is 0.306 e. The number of esters is 1. The van der Waals surface area contributed by atoms with E-state index in [1.807, 2.05) is 36.4 Å². The van der Waals surface area contributed by atoms with Gasteiger partial charge in [0.15, 0.2) is 17.3 Å². The molecule has 2 aromatic carbocycles. The minimum atomic E-state index is -0.312. The molecular formula is C30H30N2O6. The average molecular weight is 515 g/mol. The number of amides is 1. The maximum absolute atomic E-state index is 13.1. The summed E-state index contributed by atoms with van der Waals surface area (Å²) in [6, 6.07) is 11.5. The Balaban J connectivity index is 1.56. The van der Waals surface area contributed by atoms with Gasteiger partial charge in [-0.3, -0.25) is 14.4 Å². The zero-order chi connectivity index (χ0) is 26.8. The van der Waals surface area contributed by atoms with Crippen molar-refractivity contribution in [3.8, 4) is 22.6 Å². The van der Waals surface area contributed by atoms with Gasteiger partial charge in [0.25, 0.3) is 5.91 Å². The Labute approximate surface area is 221 Å². The summed E-state index contributed by atoms with van der Waals surface area (Å²) < 4.78 is 15.9. The summed E-state index contributed by atoms with van der Waals surface area (Å²) in [7, 11) is 3.18. The Morgan fingerprint density at radius 3 is 2.53 bits per heavy atom. The topological polar surface area (TPSA) is 107 Å². The van der Waals surface area contributed by atoms with E-state index >= 15 is 0 Å². The van der Waals surface area contributed by atoms with Gasteiger partial charge < -0.3 is 24.5 Å². The summed E-state index contributed by atoms with van der Waals surface area (Å²) in [5.74, 6) is 0.782. The number of ether oxygens (including phenoxy) is 3. The summed E-state index contributed by atoms with van der Waals surface area (Å²) in [6.45, 7) is 2.07. The molecule has 1 amide bonds. The highest BCUT2D eigenvalue weighted by Crippen LogP contribution is 2.39. The van der Waals surface area contributed by atoms with Crippen LogP contribution in [0.1, 0.15) is 59.1 Å². The molecular weight excluding hydrogens is 484 g/mol. The molecule has 0 unspecified atom stereocenters. The third kappa shape index (κ3) is 4.69. The number of hydrogen-bond donors (Lipinski definition) is 2.